The fourth-order valence-corrected chi connectivity index (χ4v) is 7.45. The summed E-state index contributed by atoms with van der Waals surface area (Å²) in [5.41, 5.74) is -0.223. The van der Waals surface area contributed by atoms with Gasteiger partial charge in [0.05, 0.1) is 37.8 Å². The second-order valence-corrected chi connectivity index (χ2v) is 12.5. The van der Waals surface area contributed by atoms with Crippen LogP contribution in [-0.2, 0) is 28.7 Å². The number of hydrogen-bond donors (Lipinski definition) is 2. The predicted octanol–water partition coefficient (Wildman–Crippen LogP) is 3.09. The zero-order valence-corrected chi connectivity index (χ0v) is 26.8. The first kappa shape index (κ1) is 32.5. The van der Waals surface area contributed by atoms with Gasteiger partial charge >= 0.3 is 5.97 Å². The number of anilines is 1. The van der Waals surface area contributed by atoms with Crippen molar-refractivity contribution < 1.29 is 38.5 Å². The van der Waals surface area contributed by atoms with Crippen LogP contribution in [0.2, 0.25) is 0 Å². The van der Waals surface area contributed by atoms with E-state index in [2.05, 4.69) is 5.32 Å². The van der Waals surface area contributed by atoms with E-state index in [1.165, 1.54) is 4.90 Å². The van der Waals surface area contributed by atoms with Gasteiger partial charge in [0.15, 0.2) is 0 Å². The van der Waals surface area contributed by atoms with E-state index in [-0.39, 0.29) is 31.4 Å². The maximum Gasteiger partial charge on any atom is 0.313 e. The second-order valence-electron chi connectivity index (χ2n) is 12.5. The highest BCUT2D eigenvalue weighted by Crippen LogP contribution is 2.54. The lowest BCUT2D eigenvalue weighted by atomic mass is 9.77. The molecule has 2 aromatic carbocycles. The zero-order valence-electron chi connectivity index (χ0n) is 26.8. The molecule has 3 amide bonds. The minimum Gasteiger partial charge on any atom is -0.497 e. The van der Waals surface area contributed by atoms with Gasteiger partial charge in [-0.2, -0.15) is 0 Å². The number of fused-ring (bicyclic) bond motifs is 2. The standard InChI is InChI=1S/C36H41N3O8/c1-4-24(21-40)39-32-34(43)38(25-15-17-26(45-3)18-16-25)20-10-19-36(32)30(33(39)42)29-27(47-36)13-8-9-14-28(41)37-22(2)31(46-35(29)44)23-11-6-5-7-12-23/h5-8,10-13,15-19,22,24,27,29-32,40H,4,9,14,20-21H2,1-3H3,(H,37,41)/b13-8-/t22-,24+,27-,29+,30+,31+,32-,36+/m1/s1. The number of nitrogens with one attached hydrogen (secondary N) is 1. The maximum absolute atomic E-state index is 14.7. The van der Waals surface area contributed by atoms with Crippen LogP contribution in [0.5, 0.6) is 5.75 Å². The Kier molecular flexibility index (Phi) is 9.20. The van der Waals surface area contributed by atoms with Gasteiger partial charge in [-0.25, -0.2) is 0 Å². The molecule has 0 aliphatic carbocycles. The van der Waals surface area contributed by atoms with E-state index < -0.39 is 59.6 Å². The molecule has 6 rings (SSSR count). The molecule has 248 valence electrons. The summed E-state index contributed by atoms with van der Waals surface area (Å²) >= 11 is 0. The summed E-state index contributed by atoms with van der Waals surface area (Å²) < 4.78 is 18.3. The zero-order chi connectivity index (χ0) is 33.3. The molecule has 2 saturated heterocycles. The van der Waals surface area contributed by atoms with Crippen LogP contribution in [0.1, 0.15) is 44.8 Å². The number of aliphatic hydroxyl groups is 1. The maximum atomic E-state index is 14.7. The number of amides is 3. The van der Waals surface area contributed by atoms with E-state index in [4.69, 9.17) is 14.2 Å². The lowest BCUT2D eigenvalue weighted by Gasteiger charge is -2.38. The minimum absolute atomic E-state index is 0.185. The highest BCUT2D eigenvalue weighted by Gasteiger charge is 2.72. The Labute approximate surface area is 274 Å². The van der Waals surface area contributed by atoms with E-state index in [1.54, 1.807) is 67.5 Å². The number of allylic oxidation sites excluding steroid dienone is 1. The molecule has 11 heteroatoms. The molecule has 0 unspecified atom stereocenters. The van der Waals surface area contributed by atoms with Gasteiger partial charge in [0.1, 0.15) is 29.4 Å². The van der Waals surface area contributed by atoms with Crippen molar-refractivity contribution in [3.8, 4) is 5.75 Å². The summed E-state index contributed by atoms with van der Waals surface area (Å²) in [5, 5.41) is 13.4. The molecule has 2 N–H and O–H groups in total. The summed E-state index contributed by atoms with van der Waals surface area (Å²) in [6.45, 7) is 3.45. The molecule has 2 fully saturated rings. The molecule has 0 saturated carbocycles. The van der Waals surface area contributed by atoms with Crippen molar-refractivity contribution in [2.75, 3.05) is 25.2 Å². The van der Waals surface area contributed by atoms with E-state index in [0.717, 1.165) is 0 Å². The first-order chi connectivity index (χ1) is 22.7. The summed E-state index contributed by atoms with van der Waals surface area (Å²) in [4.78, 5) is 59.5. The minimum atomic E-state index is -1.52. The topological polar surface area (TPSA) is 135 Å². The van der Waals surface area contributed by atoms with Crippen molar-refractivity contribution in [1.82, 2.24) is 10.2 Å². The highest BCUT2D eigenvalue weighted by atomic mass is 16.6. The van der Waals surface area contributed by atoms with E-state index in [1.807, 2.05) is 37.3 Å². The van der Waals surface area contributed by atoms with Gasteiger partial charge < -0.3 is 34.4 Å². The van der Waals surface area contributed by atoms with Crippen LogP contribution in [0, 0.1) is 11.8 Å². The number of carbonyl (C=O) groups is 4. The lowest BCUT2D eigenvalue weighted by Crippen LogP contribution is -2.58. The first-order valence-electron chi connectivity index (χ1n) is 16.2. The molecule has 4 aliphatic rings. The number of ether oxygens (including phenoxy) is 3. The highest BCUT2D eigenvalue weighted by molar-refractivity contribution is 6.05. The number of hydrogen-bond acceptors (Lipinski definition) is 8. The van der Waals surface area contributed by atoms with Crippen LogP contribution < -0.4 is 15.0 Å². The normalized spacial score (nSPS) is 32.2. The number of nitrogens with zero attached hydrogens (tertiary/aromatic N) is 2. The molecule has 4 aliphatic heterocycles. The van der Waals surface area contributed by atoms with Gasteiger partial charge in [-0.05, 0) is 49.6 Å². The van der Waals surface area contributed by atoms with E-state index >= 15 is 0 Å². The third-order valence-corrected chi connectivity index (χ3v) is 9.74. The SMILES string of the molecule is CC[C@@H](CO)N1C(=O)[C@@H]2[C@H]3C(=O)O[C@H](c4ccccc4)[C@@H](C)NC(=O)CC/C=C\[C@H]3O[C@@]23C=CCN(c2ccc(OC)cc2)C(=O)[C@@H]13. The monoisotopic (exact) mass is 643 g/mol. The Morgan fingerprint density at radius 1 is 1.04 bits per heavy atom. The van der Waals surface area contributed by atoms with Crippen molar-refractivity contribution in [2.45, 2.75) is 69.0 Å². The van der Waals surface area contributed by atoms with Crippen LogP contribution in [0.3, 0.4) is 0 Å². The quantitative estimate of drug-likeness (QED) is 0.363. The first-order valence-corrected chi connectivity index (χ1v) is 16.2. The Morgan fingerprint density at radius 3 is 2.47 bits per heavy atom. The molecule has 4 heterocycles. The largest absolute Gasteiger partial charge is 0.497 e. The van der Waals surface area contributed by atoms with Crippen molar-refractivity contribution in [2.24, 2.45) is 11.8 Å². The molecular weight excluding hydrogens is 602 g/mol. The molecule has 8 atom stereocenters. The number of benzene rings is 2. The van der Waals surface area contributed by atoms with Crippen LogP contribution in [-0.4, -0.2) is 83.8 Å². The van der Waals surface area contributed by atoms with E-state index in [0.29, 0.717) is 29.8 Å². The molecule has 0 bridgehead atoms. The molecule has 47 heavy (non-hydrogen) atoms. The van der Waals surface area contributed by atoms with Crippen molar-refractivity contribution in [3.05, 3.63) is 84.5 Å². The number of rotatable bonds is 6. The molecule has 0 radical (unpaired) electrons. The second kappa shape index (κ2) is 13.3. The van der Waals surface area contributed by atoms with Crippen LogP contribution >= 0.6 is 0 Å². The molecule has 1 spiro atoms. The third-order valence-electron chi connectivity index (χ3n) is 9.74. The van der Waals surface area contributed by atoms with Gasteiger partial charge in [-0.15, -0.1) is 0 Å². The van der Waals surface area contributed by atoms with Gasteiger partial charge in [0.25, 0.3) is 5.91 Å². The van der Waals surface area contributed by atoms with Crippen molar-refractivity contribution in [1.29, 1.82) is 0 Å². The Morgan fingerprint density at radius 2 is 1.79 bits per heavy atom. The van der Waals surface area contributed by atoms with Gasteiger partial charge in [0, 0.05) is 18.7 Å². The smallest absolute Gasteiger partial charge is 0.313 e. The fraction of sp³-hybridized carbons (Fsp3) is 0.444. The molecule has 0 aromatic heterocycles. The number of cyclic esters (lactones) is 1. The average molecular weight is 644 g/mol. The number of aliphatic hydroxyl groups excluding tert-OH is 1. The summed E-state index contributed by atoms with van der Waals surface area (Å²) in [7, 11) is 1.56. The van der Waals surface area contributed by atoms with Crippen LogP contribution in [0.25, 0.3) is 0 Å². The van der Waals surface area contributed by atoms with Crippen molar-refractivity contribution >= 4 is 29.4 Å². The summed E-state index contributed by atoms with van der Waals surface area (Å²) in [6, 6.07) is 13.8. The average Bonchev–Trinajstić information content (AvgIpc) is 3.47. The number of esters is 1. The fourth-order valence-electron chi connectivity index (χ4n) is 7.45. The summed E-state index contributed by atoms with van der Waals surface area (Å²) in [5.74, 6) is -3.26. The van der Waals surface area contributed by atoms with Gasteiger partial charge in [0.2, 0.25) is 11.8 Å². The van der Waals surface area contributed by atoms with Crippen molar-refractivity contribution in [3.63, 3.8) is 0 Å². The number of likely N-dealkylation sites (tertiary alicyclic amines) is 1. The van der Waals surface area contributed by atoms with E-state index in [9.17, 15) is 24.3 Å². The number of methoxy groups -OCH3 is 1. The molecule has 11 nitrogen and oxygen atoms in total. The third kappa shape index (κ3) is 5.72. The predicted molar refractivity (Wildman–Crippen MR) is 172 cm³/mol. The van der Waals surface area contributed by atoms with Gasteiger partial charge in [-0.1, -0.05) is 61.6 Å². The Bertz CT molecular complexity index is 1560. The summed E-state index contributed by atoms with van der Waals surface area (Å²) in [6.07, 6.45) is 6.26. The van der Waals surface area contributed by atoms with Crippen LogP contribution in [0.4, 0.5) is 5.69 Å². The Balaban J connectivity index is 1.45. The Hall–Kier alpha value is -4.48. The lowest BCUT2D eigenvalue weighted by molar-refractivity contribution is -0.161. The van der Waals surface area contributed by atoms with Crippen LogP contribution in [0.15, 0.2) is 78.9 Å². The van der Waals surface area contributed by atoms with Gasteiger partial charge in [-0.3, -0.25) is 19.2 Å². The molecule has 2 aromatic rings. The molecular formula is C36H41N3O8. The number of carbonyl (C=O) groups excluding carboxylic acids is 4.